The van der Waals surface area contributed by atoms with Crippen molar-refractivity contribution in [1.82, 2.24) is 0 Å². The lowest BCUT2D eigenvalue weighted by molar-refractivity contribution is -0.167. The Kier molecular flexibility index (Phi) is 43.9. The second-order valence-electron chi connectivity index (χ2n) is 16.1. The molecule has 0 N–H and O–H groups in total. The van der Waals surface area contributed by atoms with Crippen molar-refractivity contribution in [1.29, 1.82) is 0 Å². The molecule has 57 heavy (non-hydrogen) atoms. The summed E-state index contributed by atoms with van der Waals surface area (Å²) >= 11 is 0. The van der Waals surface area contributed by atoms with Crippen LogP contribution in [0.15, 0.2) is 48.6 Å². The van der Waals surface area contributed by atoms with E-state index in [1.54, 1.807) is 0 Å². The third-order valence-corrected chi connectivity index (χ3v) is 10.4. The van der Waals surface area contributed by atoms with Gasteiger partial charge in [0.15, 0.2) is 6.10 Å². The van der Waals surface area contributed by atoms with E-state index >= 15 is 0 Å². The average Bonchev–Trinajstić information content (AvgIpc) is 3.21. The summed E-state index contributed by atoms with van der Waals surface area (Å²) in [5.41, 5.74) is 0. The monoisotopic (exact) mass is 799 g/mol. The number of carbonyl (C=O) groups is 3. The third-order valence-electron chi connectivity index (χ3n) is 10.4. The molecule has 0 radical (unpaired) electrons. The maximum atomic E-state index is 12.7. The van der Waals surface area contributed by atoms with Gasteiger partial charge in [-0.3, -0.25) is 14.4 Å². The molecule has 0 saturated carbocycles. The number of allylic oxidation sites excluding steroid dienone is 8. The lowest BCUT2D eigenvalue weighted by Gasteiger charge is -2.18. The van der Waals surface area contributed by atoms with Gasteiger partial charge in [0.1, 0.15) is 13.2 Å². The SMILES string of the molecule is CC\C=C/C=C\C=C/CCCCCCCC(=O)OC(COC(=O)CCCCCCC/C=C\CCCCCCCCC)COC(=O)CCCCCCCCCCCC. The van der Waals surface area contributed by atoms with E-state index in [0.29, 0.717) is 19.3 Å². The van der Waals surface area contributed by atoms with Gasteiger partial charge >= 0.3 is 17.9 Å². The Labute approximate surface area is 352 Å². The van der Waals surface area contributed by atoms with E-state index in [0.717, 1.165) is 89.9 Å². The number of unbranched alkanes of at least 4 members (excludes halogenated alkanes) is 26. The van der Waals surface area contributed by atoms with Crippen molar-refractivity contribution in [3.63, 3.8) is 0 Å². The van der Waals surface area contributed by atoms with Gasteiger partial charge in [-0.2, -0.15) is 0 Å². The van der Waals surface area contributed by atoms with Crippen LogP contribution < -0.4 is 0 Å². The molecule has 0 aliphatic rings. The van der Waals surface area contributed by atoms with E-state index in [1.807, 2.05) is 0 Å². The van der Waals surface area contributed by atoms with Crippen LogP contribution in [0.25, 0.3) is 0 Å². The van der Waals surface area contributed by atoms with E-state index in [2.05, 4.69) is 69.4 Å². The van der Waals surface area contributed by atoms with Crippen LogP contribution in [0.3, 0.4) is 0 Å². The van der Waals surface area contributed by atoms with E-state index < -0.39 is 6.10 Å². The first-order valence-corrected chi connectivity index (χ1v) is 24.2. The summed E-state index contributed by atoms with van der Waals surface area (Å²) in [7, 11) is 0. The molecule has 0 aromatic rings. The average molecular weight is 799 g/mol. The van der Waals surface area contributed by atoms with Gasteiger partial charge in [-0.15, -0.1) is 0 Å². The number of carbonyl (C=O) groups excluding carboxylic acids is 3. The fraction of sp³-hybridized carbons (Fsp3) is 0.784. The summed E-state index contributed by atoms with van der Waals surface area (Å²) in [6, 6.07) is 0. The highest BCUT2D eigenvalue weighted by molar-refractivity contribution is 5.71. The van der Waals surface area contributed by atoms with Gasteiger partial charge in [-0.25, -0.2) is 0 Å². The zero-order valence-corrected chi connectivity index (χ0v) is 37.6. The smallest absolute Gasteiger partial charge is 0.306 e. The second kappa shape index (κ2) is 46.1. The number of ether oxygens (including phenoxy) is 3. The first kappa shape index (κ1) is 54.4. The second-order valence-corrected chi connectivity index (χ2v) is 16.1. The Balaban J connectivity index is 4.38. The predicted octanol–water partition coefficient (Wildman–Crippen LogP) is 15.5. The van der Waals surface area contributed by atoms with Crippen LogP contribution in [-0.4, -0.2) is 37.2 Å². The van der Waals surface area contributed by atoms with E-state index in [9.17, 15) is 14.4 Å². The topological polar surface area (TPSA) is 78.9 Å². The molecule has 0 aromatic heterocycles. The van der Waals surface area contributed by atoms with Crippen molar-refractivity contribution < 1.29 is 28.6 Å². The largest absolute Gasteiger partial charge is 0.462 e. The summed E-state index contributed by atoms with van der Waals surface area (Å²) in [5.74, 6) is -0.911. The Bertz CT molecular complexity index is 1010. The highest BCUT2D eigenvalue weighted by Gasteiger charge is 2.19. The number of hydrogen-bond donors (Lipinski definition) is 0. The standard InChI is InChI=1S/C51H90O6/c1-4-7-10-13-16-19-22-24-25-26-28-29-32-35-38-41-44-50(53)56-47-48(46-55-49(52)43-40-37-34-31-21-18-15-12-9-6-3)57-51(54)45-42-39-36-33-30-27-23-20-17-14-11-8-5-2/h8,11,14,17,20,23,25-26,48H,4-7,9-10,12-13,15-16,18-19,21-22,24,27-47H2,1-3H3/b11-8-,17-14-,23-20-,26-25-. The minimum absolute atomic E-state index is 0.0826. The highest BCUT2D eigenvalue weighted by atomic mass is 16.6. The van der Waals surface area contributed by atoms with Crippen LogP contribution >= 0.6 is 0 Å². The zero-order valence-electron chi connectivity index (χ0n) is 37.6. The van der Waals surface area contributed by atoms with Crippen molar-refractivity contribution in [3.8, 4) is 0 Å². The lowest BCUT2D eigenvalue weighted by Crippen LogP contribution is -2.30. The van der Waals surface area contributed by atoms with Gasteiger partial charge < -0.3 is 14.2 Å². The van der Waals surface area contributed by atoms with E-state index in [-0.39, 0.29) is 31.1 Å². The maximum Gasteiger partial charge on any atom is 0.306 e. The van der Waals surface area contributed by atoms with Crippen LogP contribution in [0.1, 0.15) is 239 Å². The molecule has 0 amide bonds. The van der Waals surface area contributed by atoms with Crippen molar-refractivity contribution in [2.45, 2.75) is 245 Å². The Morgan fingerprint density at radius 3 is 1.11 bits per heavy atom. The molecule has 6 heteroatoms. The van der Waals surface area contributed by atoms with Crippen LogP contribution in [-0.2, 0) is 28.6 Å². The molecule has 0 aliphatic carbocycles. The predicted molar refractivity (Wildman–Crippen MR) is 242 cm³/mol. The third kappa shape index (κ3) is 44.3. The summed E-state index contributed by atoms with van der Waals surface area (Å²) < 4.78 is 16.7. The highest BCUT2D eigenvalue weighted by Crippen LogP contribution is 2.14. The van der Waals surface area contributed by atoms with Gasteiger partial charge in [-0.1, -0.05) is 204 Å². The Hall–Kier alpha value is -2.63. The molecule has 0 spiro atoms. The molecule has 330 valence electrons. The molecule has 6 nitrogen and oxygen atoms in total. The molecule has 0 heterocycles. The minimum Gasteiger partial charge on any atom is -0.462 e. The summed E-state index contributed by atoms with van der Waals surface area (Å²) in [6.07, 6.45) is 53.8. The summed E-state index contributed by atoms with van der Waals surface area (Å²) in [4.78, 5) is 37.8. The Morgan fingerprint density at radius 2 is 0.702 bits per heavy atom. The van der Waals surface area contributed by atoms with Crippen LogP contribution in [0.4, 0.5) is 0 Å². The van der Waals surface area contributed by atoms with E-state index in [4.69, 9.17) is 14.2 Å². The molecule has 0 saturated heterocycles. The van der Waals surface area contributed by atoms with Crippen LogP contribution in [0, 0.1) is 0 Å². The van der Waals surface area contributed by atoms with Crippen molar-refractivity contribution in [3.05, 3.63) is 48.6 Å². The van der Waals surface area contributed by atoms with E-state index in [1.165, 1.54) is 109 Å². The van der Waals surface area contributed by atoms with Crippen LogP contribution in [0.2, 0.25) is 0 Å². The van der Waals surface area contributed by atoms with Crippen molar-refractivity contribution in [2.24, 2.45) is 0 Å². The molecule has 1 atom stereocenters. The molecule has 0 rings (SSSR count). The first-order valence-electron chi connectivity index (χ1n) is 24.2. The number of esters is 3. The lowest BCUT2D eigenvalue weighted by atomic mass is 10.1. The van der Waals surface area contributed by atoms with Crippen LogP contribution in [0.5, 0.6) is 0 Å². The van der Waals surface area contributed by atoms with Gasteiger partial charge in [-0.05, 0) is 64.2 Å². The Morgan fingerprint density at radius 1 is 0.368 bits per heavy atom. The number of rotatable bonds is 43. The molecular formula is C51H90O6. The molecule has 0 bridgehead atoms. The molecule has 0 aliphatic heterocycles. The maximum absolute atomic E-state index is 12.7. The zero-order chi connectivity index (χ0) is 41.5. The molecule has 0 fully saturated rings. The van der Waals surface area contributed by atoms with Gasteiger partial charge in [0, 0.05) is 19.3 Å². The first-order chi connectivity index (χ1) is 28.0. The number of hydrogen-bond acceptors (Lipinski definition) is 6. The summed E-state index contributed by atoms with van der Waals surface area (Å²) in [6.45, 7) is 6.47. The van der Waals surface area contributed by atoms with Crippen molar-refractivity contribution in [2.75, 3.05) is 13.2 Å². The minimum atomic E-state index is -0.782. The fourth-order valence-electron chi connectivity index (χ4n) is 6.73. The molecular weight excluding hydrogens is 709 g/mol. The summed E-state index contributed by atoms with van der Waals surface area (Å²) in [5, 5.41) is 0. The van der Waals surface area contributed by atoms with Gasteiger partial charge in [0.05, 0.1) is 0 Å². The molecule has 1 unspecified atom stereocenters. The molecule has 0 aromatic carbocycles. The normalized spacial score (nSPS) is 12.4. The van der Waals surface area contributed by atoms with Crippen molar-refractivity contribution >= 4 is 17.9 Å². The fourth-order valence-corrected chi connectivity index (χ4v) is 6.73. The van der Waals surface area contributed by atoms with Gasteiger partial charge in [0.2, 0.25) is 0 Å². The van der Waals surface area contributed by atoms with Gasteiger partial charge in [0.25, 0.3) is 0 Å². The quantitative estimate of drug-likeness (QED) is 0.0201.